The Morgan fingerprint density at radius 3 is 1.52 bits per heavy atom. The van der Waals surface area contributed by atoms with Crippen molar-refractivity contribution in [2.45, 2.75) is 0 Å². The second-order valence-electron chi connectivity index (χ2n) is 13.8. The Morgan fingerprint density at radius 1 is 0.278 bits per heavy atom. The fourth-order valence-electron chi connectivity index (χ4n) is 7.78. The van der Waals surface area contributed by atoms with Gasteiger partial charge in [-0.2, -0.15) is 0 Å². The smallest absolute Gasteiger partial charge is 0.0468 e. The predicted octanol–water partition coefficient (Wildman–Crippen LogP) is 15.3. The number of hydrogen-bond acceptors (Lipinski definition) is 2. The molecule has 0 N–H and O–H groups in total. The lowest BCUT2D eigenvalue weighted by Crippen LogP contribution is -2.10. The molecular formula is C52H35NS. The molecule has 0 aliphatic rings. The lowest BCUT2D eigenvalue weighted by Gasteiger charge is -2.26. The van der Waals surface area contributed by atoms with Crippen molar-refractivity contribution in [2.75, 3.05) is 4.90 Å². The van der Waals surface area contributed by atoms with E-state index in [9.17, 15) is 0 Å². The van der Waals surface area contributed by atoms with Gasteiger partial charge in [-0.15, -0.1) is 11.3 Å². The van der Waals surface area contributed by atoms with Crippen LogP contribution in [0.15, 0.2) is 212 Å². The fourth-order valence-corrected chi connectivity index (χ4v) is 8.87. The average molecular weight is 706 g/mol. The van der Waals surface area contributed by atoms with E-state index in [4.69, 9.17) is 0 Å². The van der Waals surface area contributed by atoms with Gasteiger partial charge in [-0.1, -0.05) is 146 Å². The maximum absolute atomic E-state index is 2.40. The lowest BCUT2D eigenvalue weighted by atomic mass is 9.93. The molecule has 0 amide bonds. The van der Waals surface area contributed by atoms with Crippen molar-refractivity contribution in [1.29, 1.82) is 0 Å². The van der Waals surface area contributed by atoms with E-state index in [2.05, 4.69) is 217 Å². The Labute approximate surface area is 319 Å². The van der Waals surface area contributed by atoms with Crippen molar-refractivity contribution < 1.29 is 0 Å². The van der Waals surface area contributed by atoms with Crippen LogP contribution in [0.2, 0.25) is 0 Å². The molecule has 9 aromatic carbocycles. The van der Waals surface area contributed by atoms with Crippen LogP contribution in [0.1, 0.15) is 0 Å². The van der Waals surface area contributed by atoms with Crippen molar-refractivity contribution in [1.82, 2.24) is 0 Å². The van der Waals surface area contributed by atoms with Gasteiger partial charge in [0.1, 0.15) is 0 Å². The summed E-state index contributed by atoms with van der Waals surface area (Å²) in [6, 6.07) is 77.2. The van der Waals surface area contributed by atoms with Gasteiger partial charge < -0.3 is 4.90 Å². The summed E-state index contributed by atoms with van der Waals surface area (Å²) in [6.45, 7) is 0. The van der Waals surface area contributed by atoms with Gasteiger partial charge >= 0.3 is 0 Å². The predicted molar refractivity (Wildman–Crippen MR) is 233 cm³/mol. The summed E-state index contributed by atoms with van der Waals surface area (Å²) in [5.74, 6) is 0. The average Bonchev–Trinajstić information content (AvgIpc) is 3.62. The molecule has 1 nitrogen and oxygen atoms in total. The molecule has 0 aliphatic heterocycles. The molecule has 254 valence electrons. The Balaban J connectivity index is 1.11. The molecule has 10 aromatic rings. The third-order valence-corrected chi connectivity index (χ3v) is 11.6. The number of thiophene rings is 1. The molecule has 0 saturated heterocycles. The topological polar surface area (TPSA) is 3.24 Å². The Hall–Kier alpha value is -6.74. The summed E-state index contributed by atoms with van der Waals surface area (Å²) >= 11 is 1.85. The second-order valence-corrected chi connectivity index (χ2v) is 14.9. The molecule has 2 heteroatoms. The first-order valence-electron chi connectivity index (χ1n) is 18.4. The molecule has 0 fully saturated rings. The zero-order chi connectivity index (χ0) is 35.8. The molecule has 10 rings (SSSR count). The molecule has 0 unspecified atom stereocenters. The van der Waals surface area contributed by atoms with Gasteiger partial charge in [0.15, 0.2) is 0 Å². The summed E-state index contributed by atoms with van der Waals surface area (Å²) < 4.78 is 2.61. The maximum Gasteiger partial charge on any atom is 0.0468 e. The molecule has 1 aromatic heterocycles. The van der Waals surface area contributed by atoms with Crippen molar-refractivity contribution in [2.24, 2.45) is 0 Å². The molecule has 0 bridgehead atoms. The van der Waals surface area contributed by atoms with E-state index in [0.29, 0.717) is 0 Å². The highest BCUT2D eigenvalue weighted by atomic mass is 32.1. The molecular weight excluding hydrogens is 671 g/mol. The minimum Gasteiger partial charge on any atom is -0.310 e. The quantitative estimate of drug-likeness (QED) is 0.160. The minimum absolute atomic E-state index is 1.11. The number of nitrogens with zero attached hydrogens (tertiary/aromatic N) is 1. The van der Waals surface area contributed by atoms with Crippen LogP contribution in [-0.2, 0) is 0 Å². The molecule has 0 atom stereocenters. The van der Waals surface area contributed by atoms with Crippen LogP contribution in [0.25, 0.3) is 75.5 Å². The van der Waals surface area contributed by atoms with Crippen LogP contribution in [0.4, 0.5) is 17.1 Å². The van der Waals surface area contributed by atoms with E-state index in [1.165, 1.54) is 75.5 Å². The first-order valence-corrected chi connectivity index (χ1v) is 19.2. The van der Waals surface area contributed by atoms with Crippen LogP contribution in [0.5, 0.6) is 0 Å². The van der Waals surface area contributed by atoms with E-state index in [-0.39, 0.29) is 0 Å². The van der Waals surface area contributed by atoms with Crippen LogP contribution in [-0.4, -0.2) is 0 Å². The van der Waals surface area contributed by atoms with E-state index < -0.39 is 0 Å². The Bertz CT molecular complexity index is 2860. The summed E-state index contributed by atoms with van der Waals surface area (Å²) in [5, 5.41) is 5.08. The SMILES string of the molecule is c1ccc(-c2cc(-c3ccccc3)cc(-c3ccc(N(c4cccc(-c5cccc6ccccc56)c4)c4ccc5sc6ccccc6c5c4)cc3)c2)cc1. The van der Waals surface area contributed by atoms with Crippen molar-refractivity contribution in [3.63, 3.8) is 0 Å². The molecule has 0 aliphatic carbocycles. The standard InChI is InChI=1S/C52H35NS/c1-3-13-36(14-4-1)41-31-42(37-15-5-2-6-16-37)33-43(32-41)38-25-27-44(28-26-38)53(46-29-30-52-50(35-46)49-22-9-10-24-51(49)54-52)45-20-11-19-40(34-45)48-23-12-18-39-17-7-8-21-47(39)48/h1-35H. The highest BCUT2D eigenvalue weighted by molar-refractivity contribution is 7.25. The largest absolute Gasteiger partial charge is 0.310 e. The molecule has 54 heavy (non-hydrogen) atoms. The van der Waals surface area contributed by atoms with Crippen LogP contribution in [0.3, 0.4) is 0 Å². The Kier molecular flexibility index (Phi) is 8.09. The molecule has 0 saturated carbocycles. The Morgan fingerprint density at radius 2 is 0.796 bits per heavy atom. The van der Waals surface area contributed by atoms with Crippen molar-refractivity contribution in [3.8, 4) is 44.5 Å². The van der Waals surface area contributed by atoms with E-state index >= 15 is 0 Å². The number of fused-ring (bicyclic) bond motifs is 4. The van der Waals surface area contributed by atoms with Crippen LogP contribution >= 0.6 is 11.3 Å². The van der Waals surface area contributed by atoms with Gasteiger partial charge in [-0.05, 0) is 122 Å². The number of benzene rings is 9. The fraction of sp³-hybridized carbons (Fsp3) is 0. The summed E-state index contributed by atoms with van der Waals surface area (Å²) in [7, 11) is 0. The van der Waals surface area contributed by atoms with Crippen molar-refractivity contribution >= 4 is 59.3 Å². The number of hydrogen-bond donors (Lipinski definition) is 0. The molecule has 1 heterocycles. The molecule has 0 spiro atoms. The summed E-state index contributed by atoms with van der Waals surface area (Å²) in [6.07, 6.45) is 0. The highest BCUT2D eigenvalue weighted by Crippen LogP contribution is 2.43. The van der Waals surface area contributed by atoms with Gasteiger partial charge in [0.2, 0.25) is 0 Å². The van der Waals surface area contributed by atoms with Crippen LogP contribution < -0.4 is 4.90 Å². The highest BCUT2D eigenvalue weighted by Gasteiger charge is 2.17. The van der Waals surface area contributed by atoms with E-state index in [0.717, 1.165) is 17.1 Å². The first-order chi connectivity index (χ1) is 26.7. The van der Waals surface area contributed by atoms with Gasteiger partial charge in [0.05, 0.1) is 0 Å². The van der Waals surface area contributed by atoms with Crippen molar-refractivity contribution in [3.05, 3.63) is 212 Å². The number of anilines is 3. The first kappa shape index (κ1) is 32.0. The van der Waals surface area contributed by atoms with Gasteiger partial charge in [0.25, 0.3) is 0 Å². The monoisotopic (exact) mass is 705 g/mol. The van der Waals surface area contributed by atoms with Gasteiger partial charge in [-0.25, -0.2) is 0 Å². The second kappa shape index (κ2) is 13.7. The minimum atomic E-state index is 1.11. The number of rotatable bonds is 7. The maximum atomic E-state index is 2.40. The normalized spacial score (nSPS) is 11.3. The zero-order valence-electron chi connectivity index (χ0n) is 29.6. The van der Waals surface area contributed by atoms with Gasteiger partial charge in [0, 0.05) is 37.2 Å². The lowest BCUT2D eigenvalue weighted by molar-refractivity contribution is 1.29. The zero-order valence-corrected chi connectivity index (χ0v) is 30.4. The summed E-state index contributed by atoms with van der Waals surface area (Å²) in [5.41, 5.74) is 13.0. The van der Waals surface area contributed by atoms with E-state index in [1.54, 1.807) is 0 Å². The van der Waals surface area contributed by atoms with E-state index in [1.807, 2.05) is 11.3 Å². The third-order valence-electron chi connectivity index (χ3n) is 10.4. The third kappa shape index (κ3) is 5.93. The van der Waals surface area contributed by atoms with Crippen LogP contribution in [0, 0.1) is 0 Å². The molecule has 0 radical (unpaired) electrons. The van der Waals surface area contributed by atoms with Gasteiger partial charge in [-0.3, -0.25) is 0 Å². The summed E-state index contributed by atoms with van der Waals surface area (Å²) in [4.78, 5) is 2.40.